The van der Waals surface area contributed by atoms with E-state index in [9.17, 15) is 14.9 Å². The number of pyridine rings is 1. The molecule has 1 aromatic carbocycles. The summed E-state index contributed by atoms with van der Waals surface area (Å²) in [5.74, 6) is 0.351. The molecule has 6 rings (SSSR count). The summed E-state index contributed by atoms with van der Waals surface area (Å²) >= 11 is 3.50. The first-order chi connectivity index (χ1) is 18.4. The minimum Gasteiger partial charge on any atom is -0.351 e. The van der Waals surface area contributed by atoms with Crippen LogP contribution in [0.1, 0.15) is 24.8 Å². The highest BCUT2D eigenvalue weighted by Crippen LogP contribution is 2.31. The summed E-state index contributed by atoms with van der Waals surface area (Å²) in [7, 11) is 1.76. The first kappa shape index (κ1) is 24.2. The molecule has 2 fully saturated rings. The van der Waals surface area contributed by atoms with Crippen molar-refractivity contribution in [1.82, 2.24) is 34.5 Å². The third-order valence-electron chi connectivity index (χ3n) is 7.32. The molecule has 1 saturated heterocycles. The molecule has 4 aromatic rings. The van der Waals surface area contributed by atoms with Gasteiger partial charge in [-0.3, -0.25) is 14.6 Å². The number of hydrogen-bond acceptors (Lipinski definition) is 8. The van der Waals surface area contributed by atoms with Crippen molar-refractivity contribution in [2.75, 3.05) is 32.0 Å². The van der Waals surface area contributed by atoms with E-state index < -0.39 is 0 Å². The molecule has 2 aliphatic rings. The average Bonchev–Trinajstić information content (AvgIpc) is 3.53. The molecular weight excluding hydrogens is 550 g/mol. The number of fused-ring (bicyclic) bond motifs is 2. The Labute approximate surface area is 226 Å². The number of rotatable bonds is 4. The van der Waals surface area contributed by atoms with Gasteiger partial charge in [0.25, 0.3) is 0 Å². The smallest absolute Gasteiger partial charge is 0.241 e. The van der Waals surface area contributed by atoms with Gasteiger partial charge in [-0.25, -0.2) is 9.67 Å². The van der Waals surface area contributed by atoms with E-state index >= 15 is 0 Å². The van der Waals surface area contributed by atoms with Crippen LogP contribution in [0.5, 0.6) is 0 Å². The molecule has 0 radical (unpaired) electrons. The number of halogens is 1. The van der Waals surface area contributed by atoms with Gasteiger partial charge in [0.1, 0.15) is 10.7 Å². The molecule has 1 aliphatic heterocycles. The molecule has 12 heteroatoms. The lowest BCUT2D eigenvalue weighted by atomic mass is 10.1. The number of aromatic nitrogens is 5. The van der Waals surface area contributed by atoms with Crippen LogP contribution in [0.2, 0.25) is 0 Å². The minimum absolute atomic E-state index is 0.0219. The van der Waals surface area contributed by atoms with E-state index in [0.29, 0.717) is 52.5 Å². The maximum absolute atomic E-state index is 13.0. The Balaban J connectivity index is 1.24. The number of anilines is 1. The van der Waals surface area contributed by atoms with Crippen LogP contribution in [0.25, 0.3) is 27.6 Å². The summed E-state index contributed by atoms with van der Waals surface area (Å²) < 4.78 is 2.28. The number of carbonyl (C=O) groups excluding carboxylic acids is 2. The van der Waals surface area contributed by atoms with Crippen molar-refractivity contribution in [3.8, 4) is 11.8 Å². The van der Waals surface area contributed by atoms with Crippen molar-refractivity contribution in [2.24, 2.45) is 5.92 Å². The number of likely N-dealkylation sites (N-methyl/N-ethyl adjacent to an activating group) is 1. The molecule has 4 heterocycles. The second-order valence-corrected chi connectivity index (χ2v) is 10.5. The van der Waals surface area contributed by atoms with Crippen LogP contribution < -0.4 is 5.32 Å². The van der Waals surface area contributed by atoms with Gasteiger partial charge >= 0.3 is 0 Å². The van der Waals surface area contributed by atoms with Crippen LogP contribution in [-0.4, -0.2) is 79.1 Å². The van der Waals surface area contributed by atoms with Crippen LogP contribution in [-0.2, 0) is 9.59 Å². The monoisotopic (exact) mass is 573 g/mol. The van der Waals surface area contributed by atoms with Gasteiger partial charge in [-0.15, -0.1) is 0 Å². The van der Waals surface area contributed by atoms with Crippen molar-refractivity contribution in [3.05, 3.63) is 46.8 Å². The average molecular weight is 574 g/mol. The summed E-state index contributed by atoms with van der Waals surface area (Å²) in [4.78, 5) is 42.0. The van der Waals surface area contributed by atoms with E-state index in [0.717, 1.165) is 23.6 Å². The number of carbonyl (C=O) groups is 2. The maximum Gasteiger partial charge on any atom is 0.241 e. The first-order valence-electron chi connectivity index (χ1n) is 12.4. The first-order valence-corrected chi connectivity index (χ1v) is 13.2. The number of nitrogens with zero attached hydrogens (tertiary/aromatic N) is 8. The normalized spacial score (nSPS) is 19.8. The Morgan fingerprint density at radius 2 is 2.11 bits per heavy atom. The standard InChI is InChI=1S/C26H24BrN9O2/c1-34-7-8-35(14-21(34)37)25(38)16-4-5-18(9-16)31-26-30-13-20-23(27)33-36(24(20)32-26)19-10-15-3-2-6-29-22(15)17(11-19)12-28/h2-3,6,10-11,13,16,18H,4-5,7-9,14H2,1H3,(H,30,31,32)/t16-,18-/m1/s1. The van der Waals surface area contributed by atoms with E-state index in [2.05, 4.69) is 42.4 Å². The van der Waals surface area contributed by atoms with Crippen LogP contribution >= 0.6 is 15.9 Å². The van der Waals surface area contributed by atoms with E-state index in [1.807, 2.05) is 18.2 Å². The molecule has 2 atom stereocenters. The van der Waals surface area contributed by atoms with Crippen molar-refractivity contribution in [3.63, 3.8) is 0 Å². The Bertz CT molecular complexity index is 1630. The van der Waals surface area contributed by atoms with Crippen molar-refractivity contribution in [2.45, 2.75) is 25.3 Å². The molecule has 192 valence electrons. The fourth-order valence-electron chi connectivity index (χ4n) is 5.23. The molecule has 1 aliphatic carbocycles. The lowest BCUT2D eigenvalue weighted by Gasteiger charge is -2.33. The summed E-state index contributed by atoms with van der Waals surface area (Å²) in [6, 6.07) is 9.68. The van der Waals surface area contributed by atoms with Gasteiger partial charge in [-0.1, -0.05) is 6.07 Å². The molecule has 0 unspecified atom stereocenters. The van der Waals surface area contributed by atoms with Gasteiger partial charge < -0.3 is 15.1 Å². The third-order valence-corrected chi connectivity index (χ3v) is 7.90. The largest absolute Gasteiger partial charge is 0.351 e. The molecule has 2 amide bonds. The van der Waals surface area contributed by atoms with Crippen molar-refractivity contribution >= 4 is 55.6 Å². The quantitative estimate of drug-likeness (QED) is 0.394. The van der Waals surface area contributed by atoms with Crippen LogP contribution in [0.3, 0.4) is 0 Å². The number of nitrogens with one attached hydrogen (secondary N) is 1. The van der Waals surface area contributed by atoms with Gasteiger partial charge in [-0.05, 0) is 53.4 Å². The van der Waals surface area contributed by atoms with Crippen molar-refractivity contribution in [1.29, 1.82) is 5.26 Å². The SMILES string of the molecule is CN1CCN(C(=O)[C@@H]2CC[C@@H](Nc3ncc4c(Br)nn(-c5cc(C#N)c6ncccc6c5)c4n3)C2)CC1=O. The number of benzene rings is 1. The predicted molar refractivity (Wildman–Crippen MR) is 143 cm³/mol. The van der Waals surface area contributed by atoms with Crippen LogP contribution in [0.15, 0.2) is 41.3 Å². The summed E-state index contributed by atoms with van der Waals surface area (Å²) in [5.41, 5.74) is 2.37. The minimum atomic E-state index is -0.122. The second-order valence-electron chi connectivity index (χ2n) is 9.74. The Morgan fingerprint density at radius 3 is 2.92 bits per heavy atom. The lowest BCUT2D eigenvalue weighted by molar-refractivity contribution is -0.146. The number of piperazine rings is 1. The molecule has 0 bridgehead atoms. The maximum atomic E-state index is 13.0. The van der Waals surface area contributed by atoms with Crippen molar-refractivity contribution < 1.29 is 9.59 Å². The lowest BCUT2D eigenvalue weighted by Crippen LogP contribution is -2.52. The van der Waals surface area contributed by atoms with Crippen LogP contribution in [0, 0.1) is 17.2 Å². The van der Waals surface area contributed by atoms with Crippen LogP contribution in [0.4, 0.5) is 5.95 Å². The molecule has 1 saturated carbocycles. The van der Waals surface area contributed by atoms with Gasteiger partial charge in [-0.2, -0.15) is 15.3 Å². The Morgan fingerprint density at radius 1 is 1.24 bits per heavy atom. The topological polar surface area (TPSA) is 133 Å². The van der Waals surface area contributed by atoms with E-state index in [4.69, 9.17) is 4.98 Å². The molecule has 3 aromatic heterocycles. The highest BCUT2D eigenvalue weighted by Gasteiger charge is 2.35. The number of nitriles is 1. The van der Waals surface area contributed by atoms with E-state index in [1.54, 1.807) is 40.0 Å². The molecule has 38 heavy (non-hydrogen) atoms. The zero-order valence-corrected chi connectivity index (χ0v) is 22.2. The van der Waals surface area contributed by atoms with E-state index in [1.165, 1.54) is 0 Å². The van der Waals surface area contributed by atoms with E-state index in [-0.39, 0.29) is 30.3 Å². The second kappa shape index (κ2) is 9.64. The fraction of sp³-hybridized carbons (Fsp3) is 0.346. The van der Waals surface area contributed by atoms with Gasteiger partial charge in [0.05, 0.1) is 28.7 Å². The van der Waals surface area contributed by atoms with Gasteiger partial charge in [0, 0.05) is 49.9 Å². The third kappa shape index (κ3) is 4.32. The number of amides is 2. The molecule has 0 spiro atoms. The van der Waals surface area contributed by atoms with Gasteiger partial charge in [0.15, 0.2) is 5.65 Å². The Kier molecular flexibility index (Phi) is 6.15. The highest BCUT2D eigenvalue weighted by atomic mass is 79.9. The summed E-state index contributed by atoms with van der Waals surface area (Å²) in [5, 5.41) is 19.2. The van der Waals surface area contributed by atoms with Gasteiger partial charge in [0.2, 0.25) is 17.8 Å². The number of hydrogen-bond donors (Lipinski definition) is 1. The zero-order valence-electron chi connectivity index (χ0n) is 20.6. The fourth-order valence-corrected chi connectivity index (χ4v) is 5.66. The molecule has 1 N–H and O–H groups in total. The predicted octanol–water partition coefficient (Wildman–Crippen LogP) is 2.88. The highest BCUT2D eigenvalue weighted by molar-refractivity contribution is 9.10. The summed E-state index contributed by atoms with van der Waals surface area (Å²) in [6.45, 7) is 1.30. The molecular formula is C26H24BrN9O2. The molecule has 11 nitrogen and oxygen atoms in total. The summed E-state index contributed by atoms with van der Waals surface area (Å²) in [6.07, 6.45) is 5.60. The Hall–Kier alpha value is -4.11. The zero-order chi connectivity index (χ0) is 26.4.